The van der Waals surface area contributed by atoms with Gasteiger partial charge < -0.3 is 10.5 Å². The van der Waals surface area contributed by atoms with Crippen molar-refractivity contribution in [2.45, 2.75) is 52.7 Å². The van der Waals surface area contributed by atoms with Gasteiger partial charge in [0.05, 0.1) is 18.1 Å². The first-order valence-corrected chi connectivity index (χ1v) is 7.27. The Hall–Kier alpha value is -1.16. The predicted octanol–water partition coefficient (Wildman–Crippen LogP) is 2.77. The molecule has 0 aliphatic heterocycles. The SMILES string of the molecule is CC1CCC(C(C)C)C(Oc2cnc(CN)cn2)C1. The van der Waals surface area contributed by atoms with E-state index in [1.165, 1.54) is 12.8 Å². The van der Waals surface area contributed by atoms with Crippen molar-refractivity contribution in [3.63, 3.8) is 0 Å². The van der Waals surface area contributed by atoms with Gasteiger partial charge in [-0.2, -0.15) is 0 Å². The maximum atomic E-state index is 6.08. The van der Waals surface area contributed by atoms with Crippen LogP contribution in [0.2, 0.25) is 0 Å². The highest BCUT2D eigenvalue weighted by atomic mass is 16.5. The number of hydrogen-bond donors (Lipinski definition) is 1. The third-order valence-electron chi connectivity index (χ3n) is 4.12. The third-order valence-corrected chi connectivity index (χ3v) is 4.12. The van der Waals surface area contributed by atoms with Gasteiger partial charge in [0, 0.05) is 6.54 Å². The lowest BCUT2D eigenvalue weighted by molar-refractivity contribution is 0.0423. The standard InChI is InChI=1S/C15H25N3O/c1-10(2)13-5-4-11(3)6-14(13)19-15-9-17-12(7-16)8-18-15/h8-11,13-14H,4-7,16H2,1-3H3. The Morgan fingerprint density at radius 2 is 2.11 bits per heavy atom. The van der Waals surface area contributed by atoms with Crippen LogP contribution in [0.1, 0.15) is 45.7 Å². The molecule has 4 heteroatoms. The molecular weight excluding hydrogens is 238 g/mol. The van der Waals surface area contributed by atoms with Crippen LogP contribution in [0.25, 0.3) is 0 Å². The van der Waals surface area contributed by atoms with E-state index in [4.69, 9.17) is 10.5 Å². The molecule has 106 valence electrons. The molecule has 3 unspecified atom stereocenters. The zero-order valence-electron chi connectivity index (χ0n) is 12.2. The van der Waals surface area contributed by atoms with E-state index in [1.54, 1.807) is 12.4 Å². The summed E-state index contributed by atoms with van der Waals surface area (Å²) in [5.74, 6) is 2.62. The largest absolute Gasteiger partial charge is 0.473 e. The van der Waals surface area contributed by atoms with Crippen molar-refractivity contribution < 1.29 is 4.74 Å². The molecular formula is C15H25N3O. The highest BCUT2D eigenvalue weighted by molar-refractivity contribution is 5.08. The van der Waals surface area contributed by atoms with Crippen LogP contribution >= 0.6 is 0 Å². The maximum absolute atomic E-state index is 6.08. The van der Waals surface area contributed by atoms with Crippen LogP contribution in [0.4, 0.5) is 0 Å². The van der Waals surface area contributed by atoms with E-state index in [2.05, 4.69) is 30.7 Å². The monoisotopic (exact) mass is 263 g/mol. The van der Waals surface area contributed by atoms with Crippen molar-refractivity contribution >= 4 is 0 Å². The van der Waals surface area contributed by atoms with E-state index in [-0.39, 0.29) is 6.10 Å². The number of rotatable bonds is 4. The number of aromatic nitrogens is 2. The third kappa shape index (κ3) is 3.66. The quantitative estimate of drug-likeness (QED) is 0.907. The molecule has 0 spiro atoms. The van der Waals surface area contributed by atoms with Gasteiger partial charge in [0.15, 0.2) is 0 Å². The molecule has 1 heterocycles. The smallest absolute Gasteiger partial charge is 0.232 e. The van der Waals surface area contributed by atoms with Crippen LogP contribution in [0.3, 0.4) is 0 Å². The van der Waals surface area contributed by atoms with Gasteiger partial charge in [0.2, 0.25) is 5.88 Å². The lowest BCUT2D eigenvalue weighted by atomic mass is 9.75. The van der Waals surface area contributed by atoms with Crippen LogP contribution in [-0.2, 0) is 6.54 Å². The van der Waals surface area contributed by atoms with Crippen molar-refractivity contribution in [3.8, 4) is 5.88 Å². The average Bonchev–Trinajstić information content (AvgIpc) is 2.39. The second-order valence-electron chi connectivity index (χ2n) is 6.03. The average molecular weight is 263 g/mol. The topological polar surface area (TPSA) is 61.0 Å². The van der Waals surface area contributed by atoms with E-state index < -0.39 is 0 Å². The first-order chi connectivity index (χ1) is 9.10. The van der Waals surface area contributed by atoms with Crippen LogP contribution in [0, 0.1) is 17.8 Å². The molecule has 1 aromatic rings. The minimum Gasteiger partial charge on any atom is -0.473 e. The summed E-state index contributed by atoms with van der Waals surface area (Å²) < 4.78 is 6.08. The van der Waals surface area contributed by atoms with Crippen molar-refractivity contribution in [2.24, 2.45) is 23.5 Å². The summed E-state index contributed by atoms with van der Waals surface area (Å²) in [7, 11) is 0. The lowest BCUT2D eigenvalue weighted by Gasteiger charge is -2.36. The van der Waals surface area contributed by atoms with E-state index in [9.17, 15) is 0 Å². The zero-order chi connectivity index (χ0) is 13.8. The van der Waals surface area contributed by atoms with Gasteiger partial charge in [-0.05, 0) is 30.6 Å². The van der Waals surface area contributed by atoms with E-state index in [0.717, 1.165) is 18.0 Å². The number of nitrogens with two attached hydrogens (primary N) is 1. The molecule has 3 atom stereocenters. The minimum atomic E-state index is 0.266. The van der Waals surface area contributed by atoms with Crippen LogP contribution < -0.4 is 10.5 Å². The summed E-state index contributed by atoms with van der Waals surface area (Å²) in [6, 6.07) is 0. The molecule has 4 nitrogen and oxygen atoms in total. The predicted molar refractivity (Wildman–Crippen MR) is 75.7 cm³/mol. The van der Waals surface area contributed by atoms with Gasteiger partial charge >= 0.3 is 0 Å². The number of ether oxygens (including phenoxy) is 1. The Bertz CT molecular complexity index is 391. The molecule has 1 aliphatic rings. The van der Waals surface area contributed by atoms with Gasteiger partial charge in [-0.15, -0.1) is 0 Å². The van der Waals surface area contributed by atoms with Crippen molar-refractivity contribution in [1.29, 1.82) is 0 Å². The van der Waals surface area contributed by atoms with Gasteiger partial charge in [-0.3, -0.25) is 4.98 Å². The number of nitrogens with zero attached hydrogens (tertiary/aromatic N) is 2. The maximum Gasteiger partial charge on any atom is 0.232 e. The van der Waals surface area contributed by atoms with Gasteiger partial charge in [0.1, 0.15) is 6.10 Å². The Kier molecular flexibility index (Phi) is 4.75. The second kappa shape index (κ2) is 6.33. The van der Waals surface area contributed by atoms with Crippen LogP contribution in [0.5, 0.6) is 5.88 Å². The second-order valence-corrected chi connectivity index (χ2v) is 6.03. The molecule has 1 fully saturated rings. The van der Waals surface area contributed by atoms with Crippen molar-refractivity contribution in [2.75, 3.05) is 0 Å². The molecule has 0 amide bonds. The summed E-state index contributed by atoms with van der Waals surface area (Å²) in [5.41, 5.74) is 6.32. The Morgan fingerprint density at radius 3 is 2.68 bits per heavy atom. The fraction of sp³-hybridized carbons (Fsp3) is 0.733. The van der Waals surface area contributed by atoms with Gasteiger partial charge in [-0.1, -0.05) is 27.2 Å². The summed E-state index contributed by atoms with van der Waals surface area (Å²) in [6.07, 6.45) is 7.33. The highest BCUT2D eigenvalue weighted by Gasteiger charge is 2.32. The number of hydrogen-bond acceptors (Lipinski definition) is 4. The Balaban J connectivity index is 2.05. The minimum absolute atomic E-state index is 0.266. The molecule has 1 saturated carbocycles. The Morgan fingerprint density at radius 1 is 1.32 bits per heavy atom. The summed E-state index contributed by atoms with van der Waals surface area (Å²) in [4.78, 5) is 8.54. The van der Waals surface area contributed by atoms with E-state index in [0.29, 0.717) is 24.3 Å². The molecule has 0 aromatic carbocycles. The molecule has 0 radical (unpaired) electrons. The van der Waals surface area contributed by atoms with Crippen LogP contribution in [-0.4, -0.2) is 16.1 Å². The zero-order valence-corrected chi connectivity index (χ0v) is 12.2. The van der Waals surface area contributed by atoms with Crippen molar-refractivity contribution in [3.05, 3.63) is 18.1 Å². The van der Waals surface area contributed by atoms with E-state index >= 15 is 0 Å². The van der Waals surface area contributed by atoms with Crippen molar-refractivity contribution in [1.82, 2.24) is 9.97 Å². The normalized spacial score (nSPS) is 27.5. The van der Waals surface area contributed by atoms with Gasteiger partial charge in [0.25, 0.3) is 0 Å². The molecule has 19 heavy (non-hydrogen) atoms. The van der Waals surface area contributed by atoms with E-state index in [1.807, 2.05) is 0 Å². The summed E-state index contributed by atoms with van der Waals surface area (Å²) in [5, 5.41) is 0. The lowest BCUT2D eigenvalue weighted by Crippen LogP contribution is -2.36. The Labute approximate surface area is 115 Å². The molecule has 2 rings (SSSR count). The molecule has 2 N–H and O–H groups in total. The first-order valence-electron chi connectivity index (χ1n) is 7.27. The first kappa shape index (κ1) is 14.3. The fourth-order valence-electron chi connectivity index (χ4n) is 2.91. The molecule has 0 saturated heterocycles. The molecule has 1 aromatic heterocycles. The van der Waals surface area contributed by atoms with Crippen LogP contribution in [0.15, 0.2) is 12.4 Å². The molecule has 1 aliphatic carbocycles. The molecule has 0 bridgehead atoms. The highest BCUT2D eigenvalue weighted by Crippen LogP contribution is 2.35. The summed E-state index contributed by atoms with van der Waals surface area (Å²) >= 11 is 0. The van der Waals surface area contributed by atoms with Gasteiger partial charge in [-0.25, -0.2) is 4.98 Å². The fourth-order valence-corrected chi connectivity index (χ4v) is 2.91. The summed E-state index contributed by atoms with van der Waals surface area (Å²) in [6.45, 7) is 7.28.